The summed E-state index contributed by atoms with van der Waals surface area (Å²) < 4.78 is 30.8. The van der Waals surface area contributed by atoms with Gasteiger partial charge in [-0.1, -0.05) is 6.92 Å². The Morgan fingerprint density at radius 3 is 2.33 bits per heavy atom. The molecule has 7 nitrogen and oxygen atoms in total. The van der Waals surface area contributed by atoms with E-state index in [0.29, 0.717) is 28.9 Å². The number of carbonyl (C=O) groups excluding carboxylic acids is 1. The van der Waals surface area contributed by atoms with Crippen molar-refractivity contribution in [2.45, 2.75) is 50.7 Å². The second-order valence-electron chi connectivity index (χ2n) is 7.09. The molecule has 0 radical (unpaired) electrons. The highest BCUT2D eigenvalue weighted by atomic mass is 32.2. The fraction of sp³-hybridized carbons (Fsp3) is 0.368. The van der Waals surface area contributed by atoms with Crippen LogP contribution in [0.3, 0.4) is 0 Å². The van der Waals surface area contributed by atoms with E-state index in [1.807, 2.05) is 27.0 Å². The lowest BCUT2D eigenvalue weighted by Gasteiger charge is -2.21. The highest BCUT2D eigenvalue weighted by Gasteiger charge is 2.45. The van der Waals surface area contributed by atoms with Crippen molar-refractivity contribution in [1.82, 2.24) is 9.78 Å². The number of ether oxygens (including phenoxy) is 1. The number of benzene rings is 1. The van der Waals surface area contributed by atoms with E-state index in [-0.39, 0.29) is 16.7 Å². The van der Waals surface area contributed by atoms with Gasteiger partial charge in [-0.05, 0) is 51.5 Å². The molecule has 1 unspecified atom stereocenters. The van der Waals surface area contributed by atoms with Gasteiger partial charge >= 0.3 is 0 Å². The number of nitrogens with zero attached hydrogens (tertiary/aromatic N) is 2. The molecule has 8 heteroatoms. The molecule has 0 amide bonds. The molecule has 0 saturated carbocycles. The van der Waals surface area contributed by atoms with E-state index >= 15 is 0 Å². The first-order chi connectivity index (χ1) is 12.6. The summed E-state index contributed by atoms with van der Waals surface area (Å²) in [4.78, 5) is 13.1. The number of rotatable bonds is 5. The number of nitrogens with two attached hydrogens (primary N) is 1. The topological polar surface area (TPSA) is 104 Å². The maximum atomic E-state index is 13.1. The molecule has 1 aromatic heterocycles. The van der Waals surface area contributed by atoms with Crippen molar-refractivity contribution < 1.29 is 17.9 Å². The first-order valence-electron chi connectivity index (χ1n) is 8.72. The predicted molar refractivity (Wildman–Crippen MR) is 102 cm³/mol. The molecule has 2 heterocycles. The zero-order valence-corrected chi connectivity index (χ0v) is 16.6. The molecule has 2 N–H and O–H groups in total. The summed E-state index contributed by atoms with van der Waals surface area (Å²) in [5, 5.41) is 9.48. The minimum absolute atomic E-state index is 0.00334. The molecular weight excluding hydrogens is 366 g/mol. The van der Waals surface area contributed by atoms with Crippen molar-refractivity contribution in [1.29, 1.82) is 0 Å². The summed E-state index contributed by atoms with van der Waals surface area (Å²) >= 11 is 0. The van der Waals surface area contributed by atoms with Crippen LogP contribution in [0.25, 0.3) is 11.3 Å². The minimum Gasteiger partial charge on any atom is -0.478 e. The Labute approximate surface area is 158 Å². The molecule has 1 atom stereocenters. The summed E-state index contributed by atoms with van der Waals surface area (Å²) in [6, 6.07) is 6.16. The fourth-order valence-electron chi connectivity index (χ4n) is 2.93. The Hall–Kier alpha value is -2.45. The van der Waals surface area contributed by atoms with Crippen LogP contribution in [0.15, 0.2) is 41.6 Å². The van der Waals surface area contributed by atoms with Gasteiger partial charge in [0.15, 0.2) is 5.60 Å². The monoisotopic (exact) mass is 389 g/mol. The van der Waals surface area contributed by atoms with Crippen LogP contribution in [-0.4, -0.2) is 29.6 Å². The number of sulfonamides is 1. The first-order valence-corrected chi connectivity index (χ1v) is 10.3. The van der Waals surface area contributed by atoms with Gasteiger partial charge in [0.2, 0.25) is 15.8 Å². The Kier molecular flexibility index (Phi) is 4.73. The van der Waals surface area contributed by atoms with Gasteiger partial charge in [-0.15, -0.1) is 0 Å². The van der Waals surface area contributed by atoms with Crippen molar-refractivity contribution >= 4 is 27.1 Å². The van der Waals surface area contributed by atoms with E-state index < -0.39 is 15.6 Å². The molecule has 0 aliphatic carbocycles. The highest BCUT2D eigenvalue weighted by molar-refractivity contribution is 7.89. The van der Waals surface area contributed by atoms with Gasteiger partial charge in [-0.2, -0.15) is 5.10 Å². The molecular formula is C19H23N3O4S. The molecule has 1 aromatic carbocycles. The van der Waals surface area contributed by atoms with E-state index in [0.717, 1.165) is 0 Å². The van der Waals surface area contributed by atoms with Crippen molar-refractivity contribution in [2.75, 3.05) is 0 Å². The smallest absolute Gasteiger partial charge is 0.238 e. The van der Waals surface area contributed by atoms with E-state index in [1.165, 1.54) is 12.1 Å². The standard InChI is InChI=1S/C19H23N3O4S/c1-5-19(4)18(23)16(14-10-21-22(11-14)12(2)3)17(26-19)13-6-8-15(9-7-13)27(20,24)25/h6-12H,5H2,1-4H3,(H2,20,24,25). The van der Waals surface area contributed by atoms with Gasteiger partial charge in [0.05, 0.1) is 16.7 Å². The summed E-state index contributed by atoms with van der Waals surface area (Å²) in [5.74, 6) is 0.312. The zero-order valence-electron chi connectivity index (χ0n) is 15.8. The van der Waals surface area contributed by atoms with Crippen molar-refractivity contribution in [3.8, 4) is 0 Å². The summed E-state index contributed by atoms with van der Waals surface area (Å²) in [5.41, 5.74) is 0.773. The number of hydrogen-bond acceptors (Lipinski definition) is 5. The number of Topliss-reactive ketones (excluding diaryl/α,β-unsaturated/α-hetero) is 1. The second kappa shape index (κ2) is 6.61. The maximum absolute atomic E-state index is 13.1. The minimum atomic E-state index is -3.79. The quantitative estimate of drug-likeness (QED) is 0.847. The van der Waals surface area contributed by atoms with Crippen LogP contribution in [0.2, 0.25) is 0 Å². The summed E-state index contributed by atoms with van der Waals surface area (Å²) in [6.45, 7) is 7.65. The number of hydrogen-bond donors (Lipinski definition) is 1. The number of ketones is 1. The first kappa shape index (κ1) is 19.3. The fourth-order valence-corrected chi connectivity index (χ4v) is 3.45. The molecule has 0 fully saturated rings. The van der Waals surface area contributed by atoms with Crippen LogP contribution in [-0.2, 0) is 19.6 Å². The van der Waals surface area contributed by atoms with E-state index in [2.05, 4.69) is 5.10 Å². The molecule has 144 valence electrons. The van der Waals surface area contributed by atoms with Gasteiger partial charge in [0.25, 0.3) is 0 Å². The maximum Gasteiger partial charge on any atom is 0.238 e. The van der Waals surface area contributed by atoms with Crippen LogP contribution in [0, 0.1) is 0 Å². The molecule has 0 spiro atoms. The lowest BCUT2D eigenvalue weighted by molar-refractivity contribution is -0.126. The molecule has 0 saturated heterocycles. The SMILES string of the molecule is CCC1(C)OC(c2ccc(S(N)(=O)=O)cc2)=C(c2cnn(C(C)C)c2)C1=O. The molecule has 27 heavy (non-hydrogen) atoms. The number of carbonyl (C=O) groups is 1. The normalized spacial score (nSPS) is 20.4. The Bertz CT molecular complexity index is 1020. The van der Waals surface area contributed by atoms with Crippen molar-refractivity contribution in [3.63, 3.8) is 0 Å². The third kappa shape index (κ3) is 3.42. The zero-order chi connectivity index (χ0) is 20.0. The van der Waals surface area contributed by atoms with Crippen LogP contribution in [0.1, 0.15) is 51.3 Å². The van der Waals surface area contributed by atoms with Gasteiger partial charge in [0.1, 0.15) is 5.76 Å². The number of aromatic nitrogens is 2. The van der Waals surface area contributed by atoms with Gasteiger partial charge < -0.3 is 4.74 Å². The average Bonchev–Trinajstić information content (AvgIpc) is 3.19. The van der Waals surface area contributed by atoms with Crippen LogP contribution in [0.4, 0.5) is 0 Å². The molecule has 3 rings (SSSR count). The second-order valence-corrected chi connectivity index (χ2v) is 8.65. The Morgan fingerprint density at radius 2 is 1.85 bits per heavy atom. The number of primary sulfonamides is 1. The molecule has 2 aromatic rings. The molecule has 1 aliphatic rings. The van der Waals surface area contributed by atoms with Crippen molar-refractivity contribution in [2.24, 2.45) is 5.14 Å². The third-order valence-corrected chi connectivity index (χ3v) is 5.73. The van der Waals surface area contributed by atoms with Crippen molar-refractivity contribution in [3.05, 3.63) is 47.8 Å². The largest absolute Gasteiger partial charge is 0.478 e. The Balaban J connectivity index is 2.14. The lowest BCUT2D eigenvalue weighted by Crippen LogP contribution is -2.32. The molecule has 0 bridgehead atoms. The van der Waals surface area contributed by atoms with Crippen LogP contribution in [0.5, 0.6) is 0 Å². The van der Waals surface area contributed by atoms with Crippen LogP contribution < -0.4 is 5.14 Å². The Morgan fingerprint density at radius 1 is 1.22 bits per heavy atom. The van der Waals surface area contributed by atoms with E-state index in [1.54, 1.807) is 29.9 Å². The van der Waals surface area contributed by atoms with Crippen LogP contribution >= 0.6 is 0 Å². The average molecular weight is 389 g/mol. The van der Waals surface area contributed by atoms with Gasteiger partial charge in [-0.25, -0.2) is 13.6 Å². The van der Waals surface area contributed by atoms with E-state index in [4.69, 9.17) is 9.88 Å². The highest BCUT2D eigenvalue weighted by Crippen LogP contribution is 2.43. The third-order valence-electron chi connectivity index (χ3n) is 4.80. The lowest BCUT2D eigenvalue weighted by atomic mass is 9.91. The van der Waals surface area contributed by atoms with Gasteiger partial charge in [-0.3, -0.25) is 9.48 Å². The molecule has 1 aliphatic heterocycles. The predicted octanol–water partition coefficient (Wildman–Crippen LogP) is 2.75. The van der Waals surface area contributed by atoms with Gasteiger partial charge in [0, 0.05) is 23.4 Å². The summed E-state index contributed by atoms with van der Waals surface area (Å²) in [6.07, 6.45) is 3.98. The summed E-state index contributed by atoms with van der Waals surface area (Å²) in [7, 11) is -3.79. The van der Waals surface area contributed by atoms with E-state index in [9.17, 15) is 13.2 Å².